The monoisotopic (exact) mass is 379 g/mol. The maximum Gasteiger partial charge on any atom is 0.226 e. The summed E-state index contributed by atoms with van der Waals surface area (Å²) < 4.78 is 2.19. The summed E-state index contributed by atoms with van der Waals surface area (Å²) in [6.07, 6.45) is 11.9. The third-order valence-electron chi connectivity index (χ3n) is 6.37. The topological polar surface area (TPSA) is 65.2 Å². The quantitative estimate of drug-likeness (QED) is 0.789. The number of imidazole rings is 1. The largest absolute Gasteiger partial charge is 0.340 e. The van der Waals surface area contributed by atoms with E-state index in [1.807, 2.05) is 18.6 Å². The number of hydrogen-bond donors (Lipinski definition) is 0. The minimum absolute atomic E-state index is 0.00577. The van der Waals surface area contributed by atoms with Gasteiger partial charge in [0.1, 0.15) is 0 Å². The lowest BCUT2D eigenvalue weighted by molar-refractivity contribution is -0.135. The van der Waals surface area contributed by atoms with Gasteiger partial charge >= 0.3 is 0 Å². The number of hydrogen-bond acceptors (Lipinski definition) is 4. The van der Waals surface area contributed by atoms with Crippen LogP contribution in [0.1, 0.15) is 32.4 Å². The van der Waals surface area contributed by atoms with Gasteiger partial charge in [-0.15, -0.1) is 0 Å². The lowest BCUT2D eigenvalue weighted by atomic mass is 9.98. The zero-order valence-electron chi connectivity index (χ0n) is 16.8. The van der Waals surface area contributed by atoms with Crippen molar-refractivity contribution in [2.75, 3.05) is 26.2 Å². The molecular weight excluding hydrogens is 350 g/mol. The molecule has 2 heterocycles. The molecule has 3 aliphatic rings. The summed E-state index contributed by atoms with van der Waals surface area (Å²) in [5.74, 6) is 0.588. The first-order chi connectivity index (χ1) is 13.5. The molecule has 1 aliphatic heterocycles. The van der Waals surface area contributed by atoms with Gasteiger partial charge in [-0.25, -0.2) is 4.98 Å². The highest BCUT2D eigenvalue weighted by molar-refractivity contribution is 5.82. The Bertz CT molecular complexity index is 835. The predicted octanol–water partition coefficient (Wildman–Crippen LogP) is 2.60. The van der Waals surface area contributed by atoms with Gasteiger partial charge in [0.2, 0.25) is 5.91 Å². The Hall–Kier alpha value is -2.39. The highest BCUT2D eigenvalue weighted by Gasteiger charge is 2.52. The first-order valence-electron chi connectivity index (χ1n) is 10.2. The third kappa shape index (κ3) is 4.05. The Morgan fingerprint density at radius 3 is 2.64 bits per heavy atom. The van der Waals surface area contributed by atoms with Gasteiger partial charge in [0.25, 0.3) is 0 Å². The Morgan fingerprint density at radius 2 is 2.04 bits per heavy atom. The van der Waals surface area contributed by atoms with Crippen molar-refractivity contribution in [3.05, 3.63) is 42.0 Å². The number of amides is 1. The van der Waals surface area contributed by atoms with E-state index in [4.69, 9.17) is 5.26 Å². The van der Waals surface area contributed by atoms with Crippen molar-refractivity contribution in [2.45, 2.75) is 39.8 Å². The Morgan fingerprint density at radius 1 is 1.29 bits per heavy atom. The molecule has 1 aromatic heterocycles. The molecule has 1 saturated heterocycles. The molecule has 6 nitrogen and oxygen atoms in total. The van der Waals surface area contributed by atoms with Gasteiger partial charge in [-0.1, -0.05) is 32.1 Å². The highest BCUT2D eigenvalue weighted by Crippen LogP contribution is 2.52. The van der Waals surface area contributed by atoms with Crippen LogP contribution in [-0.4, -0.2) is 51.4 Å². The number of rotatable bonds is 5. The predicted molar refractivity (Wildman–Crippen MR) is 107 cm³/mol. The summed E-state index contributed by atoms with van der Waals surface area (Å²) in [6, 6.07) is 2.29. The molecule has 6 heteroatoms. The van der Waals surface area contributed by atoms with Gasteiger partial charge in [0, 0.05) is 51.4 Å². The maximum absolute atomic E-state index is 12.6. The van der Waals surface area contributed by atoms with E-state index in [1.54, 1.807) is 0 Å². The molecule has 28 heavy (non-hydrogen) atoms. The number of aromatic nitrogens is 2. The number of nitriles is 1. The first-order valence-corrected chi connectivity index (χ1v) is 10.2. The molecule has 0 bridgehead atoms. The Labute approximate surface area is 167 Å². The lowest BCUT2D eigenvalue weighted by Crippen LogP contribution is -2.49. The van der Waals surface area contributed by atoms with Crippen LogP contribution in [0.25, 0.3) is 0 Å². The van der Waals surface area contributed by atoms with Crippen LogP contribution in [0.15, 0.2) is 36.3 Å². The molecule has 0 N–H and O–H groups in total. The van der Waals surface area contributed by atoms with Gasteiger partial charge in [0.15, 0.2) is 0 Å². The van der Waals surface area contributed by atoms with E-state index >= 15 is 0 Å². The van der Waals surface area contributed by atoms with Crippen LogP contribution in [0.2, 0.25) is 0 Å². The number of allylic oxidation sites excluding steroid dienone is 4. The van der Waals surface area contributed by atoms with Gasteiger partial charge in [-0.2, -0.15) is 5.26 Å². The summed E-state index contributed by atoms with van der Waals surface area (Å²) in [5, 5.41) is 9.00. The average Bonchev–Trinajstić information content (AvgIpc) is 3.13. The van der Waals surface area contributed by atoms with Crippen molar-refractivity contribution in [1.29, 1.82) is 5.26 Å². The molecule has 0 radical (unpaired) electrons. The van der Waals surface area contributed by atoms with Crippen LogP contribution in [0.5, 0.6) is 0 Å². The molecule has 0 aromatic carbocycles. The highest BCUT2D eigenvalue weighted by atomic mass is 16.2. The van der Waals surface area contributed by atoms with E-state index in [9.17, 15) is 4.79 Å². The minimum atomic E-state index is 0.00577. The average molecular weight is 380 g/mol. The molecular formula is C22H29N5O. The summed E-state index contributed by atoms with van der Waals surface area (Å²) >= 11 is 0. The standard InChI is InChI=1S/C22H29N5O/c1-22(2)11-20(22)21(28)26-9-7-25(8-10-26)15-19-13-24-16-27(19)14-18-5-3-17(12-23)4-6-18/h3,5-6,13,16-17,20H,4,7-11,14-15H2,1-2H3. The van der Waals surface area contributed by atoms with Gasteiger partial charge in [0.05, 0.1) is 24.0 Å². The number of carbonyl (C=O) groups is 1. The minimum Gasteiger partial charge on any atom is -0.340 e. The van der Waals surface area contributed by atoms with E-state index in [-0.39, 0.29) is 17.3 Å². The second-order valence-corrected chi connectivity index (χ2v) is 8.97. The molecule has 4 rings (SSSR count). The molecule has 1 saturated carbocycles. The van der Waals surface area contributed by atoms with Crippen molar-refractivity contribution in [3.63, 3.8) is 0 Å². The molecule has 2 fully saturated rings. The zero-order valence-corrected chi connectivity index (χ0v) is 16.8. The van der Waals surface area contributed by atoms with Crippen LogP contribution >= 0.6 is 0 Å². The second-order valence-electron chi connectivity index (χ2n) is 8.97. The van der Waals surface area contributed by atoms with E-state index in [0.717, 1.165) is 52.1 Å². The Balaban J connectivity index is 1.29. The van der Waals surface area contributed by atoms with E-state index < -0.39 is 0 Å². The van der Waals surface area contributed by atoms with Crippen molar-refractivity contribution >= 4 is 5.91 Å². The van der Waals surface area contributed by atoms with Crippen LogP contribution in [-0.2, 0) is 17.9 Å². The molecule has 148 valence electrons. The number of carbonyl (C=O) groups excluding carboxylic acids is 1. The maximum atomic E-state index is 12.6. The van der Waals surface area contributed by atoms with Crippen LogP contribution < -0.4 is 0 Å². The fourth-order valence-corrected chi connectivity index (χ4v) is 4.16. The summed E-state index contributed by atoms with van der Waals surface area (Å²) in [7, 11) is 0. The van der Waals surface area contributed by atoms with E-state index in [1.165, 1.54) is 11.3 Å². The molecule has 1 aromatic rings. The molecule has 0 spiro atoms. The van der Waals surface area contributed by atoms with Crippen LogP contribution in [0, 0.1) is 28.6 Å². The van der Waals surface area contributed by atoms with Gasteiger partial charge in [-0.05, 0) is 23.8 Å². The molecule has 2 atom stereocenters. The summed E-state index contributed by atoms with van der Waals surface area (Å²) in [6.45, 7) is 9.49. The normalized spacial score (nSPS) is 26.6. The SMILES string of the molecule is CC1(C)CC1C(=O)N1CCN(Cc2cncn2CC2=CCC(C#N)C=C2)CC1. The fourth-order valence-electron chi connectivity index (χ4n) is 4.16. The van der Waals surface area contributed by atoms with Gasteiger partial charge in [-0.3, -0.25) is 9.69 Å². The van der Waals surface area contributed by atoms with Crippen molar-refractivity contribution in [2.24, 2.45) is 17.3 Å². The number of nitrogens with zero attached hydrogens (tertiary/aromatic N) is 5. The fraction of sp³-hybridized carbons (Fsp3) is 0.591. The van der Waals surface area contributed by atoms with Crippen LogP contribution in [0.4, 0.5) is 0 Å². The Kier molecular flexibility index (Phi) is 5.11. The summed E-state index contributed by atoms with van der Waals surface area (Å²) in [4.78, 5) is 21.4. The lowest BCUT2D eigenvalue weighted by Gasteiger charge is -2.35. The third-order valence-corrected chi connectivity index (χ3v) is 6.37. The van der Waals surface area contributed by atoms with Gasteiger partial charge < -0.3 is 9.47 Å². The first kappa shape index (κ1) is 18.9. The molecule has 1 amide bonds. The van der Waals surface area contributed by atoms with E-state index in [2.05, 4.69) is 51.4 Å². The zero-order chi connectivity index (χ0) is 19.7. The molecule has 2 unspecified atom stereocenters. The second kappa shape index (κ2) is 7.56. The summed E-state index contributed by atoms with van der Waals surface area (Å²) in [5.41, 5.74) is 2.63. The molecule has 2 aliphatic carbocycles. The van der Waals surface area contributed by atoms with E-state index in [0.29, 0.717) is 5.91 Å². The smallest absolute Gasteiger partial charge is 0.226 e. The van der Waals surface area contributed by atoms with Crippen LogP contribution in [0.3, 0.4) is 0 Å². The van der Waals surface area contributed by atoms with Crippen molar-refractivity contribution in [1.82, 2.24) is 19.4 Å². The number of piperazine rings is 1. The van der Waals surface area contributed by atoms with Crippen molar-refractivity contribution < 1.29 is 4.79 Å². The van der Waals surface area contributed by atoms with Crippen molar-refractivity contribution in [3.8, 4) is 6.07 Å².